The van der Waals surface area contributed by atoms with Gasteiger partial charge in [0.25, 0.3) is 5.91 Å². The van der Waals surface area contributed by atoms with Crippen molar-refractivity contribution in [1.82, 2.24) is 0 Å². The Kier molecular flexibility index (Phi) is 4.79. The maximum atomic E-state index is 12.1. The molecular weight excluding hydrogens is 304 g/mol. The van der Waals surface area contributed by atoms with E-state index in [2.05, 4.69) is 10.6 Å². The first-order valence-electron chi connectivity index (χ1n) is 8.09. The highest BCUT2D eigenvalue weighted by Gasteiger charge is 2.15. The van der Waals surface area contributed by atoms with E-state index >= 15 is 0 Å². The van der Waals surface area contributed by atoms with Crippen molar-refractivity contribution in [2.75, 3.05) is 17.2 Å². The molecule has 0 aromatic heterocycles. The molecule has 1 heterocycles. The van der Waals surface area contributed by atoms with Crippen LogP contribution in [0.3, 0.4) is 0 Å². The molecule has 0 radical (unpaired) electrons. The number of rotatable bonds is 5. The summed E-state index contributed by atoms with van der Waals surface area (Å²) in [5.41, 5.74) is 3.76. The summed E-state index contributed by atoms with van der Waals surface area (Å²) in [7, 11) is 0. The largest absolute Gasteiger partial charge is 0.484 e. The molecule has 0 fully saturated rings. The zero-order valence-electron chi connectivity index (χ0n) is 13.6. The number of aryl methyl sites for hydroxylation is 2. The van der Waals surface area contributed by atoms with Gasteiger partial charge >= 0.3 is 0 Å². The normalized spacial score (nSPS) is 13.0. The van der Waals surface area contributed by atoms with Crippen molar-refractivity contribution in [3.8, 4) is 5.75 Å². The van der Waals surface area contributed by atoms with Crippen LogP contribution in [0.15, 0.2) is 42.5 Å². The summed E-state index contributed by atoms with van der Waals surface area (Å²) in [5.74, 6) is 0.468. The second kappa shape index (κ2) is 7.17. The topological polar surface area (TPSA) is 67.4 Å². The molecule has 24 heavy (non-hydrogen) atoms. The zero-order chi connectivity index (χ0) is 16.9. The highest BCUT2D eigenvalue weighted by atomic mass is 16.5. The number of amides is 2. The number of benzene rings is 2. The SMILES string of the molecule is CCc1ccccc1NC(=O)COc1ccc2c(c1)CCC(=O)N2. The van der Waals surface area contributed by atoms with Crippen molar-refractivity contribution >= 4 is 23.2 Å². The molecular formula is C19H20N2O3. The molecule has 0 saturated carbocycles. The maximum Gasteiger partial charge on any atom is 0.262 e. The van der Waals surface area contributed by atoms with Gasteiger partial charge in [-0.25, -0.2) is 0 Å². The molecule has 2 aromatic carbocycles. The quantitative estimate of drug-likeness (QED) is 0.888. The Morgan fingerprint density at radius 2 is 2.04 bits per heavy atom. The molecule has 3 rings (SSSR count). The molecule has 0 unspecified atom stereocenters. The van der Waals surface area contributed by atoms with Crippen LogP contribution in [-0.2, 0) is 22.4 Å². The minimum Gasteiger partial charge on any atom is -0.484 e. The first-order valence-corrected chi connectivity index (χ1v) is 8.09. The third kappa shape index (κ3) is 3.74. The number of para-hydroxylation sites is 1. The van der Waals surface area contributed by atoms with Gasteiger partial charge in [0, 0.05) is 17.8 Å². The maximum absolute atomic E-state index is 12.1. The lowest BCUT2D eigenvalue weighted by atomic mass is 10.0. The van der Waals surface area contributed by atoms with E-state index in [1.165, 1.54) is 0 Å². The second-order valence-corrected chi connectivity index (χ2v) is 5.71. The summed E-state index contributed by atoms with van der Waals surface area (Å²) in [5, 5.41) is 5.70. The molecule has 2 aromatic rings. The molecule has 0 saturated heterocycles. The Balaban J connectivity index is 1.59. The summed E-state index contributed by atoms with van der Waals surface area (Å²) in [6.45, 7) is 2.00. The number of carbonyl (C=O) groups is 2. The van der Waals surface area contributed by atoms with Crippen LogP contribution >= 0.6 is 0 Å². The molecule has 0 atom stereocenters. The molecule has 124 valence electrons. The fourth-order valence-corrected chi connectivity index (χ4v) is 2.74. The van der Waals surface area contributed by atoms with E-state index < -0.39 is 0 Å². The molecule has 1 aliphatic rings. The van der Waals surface area contributed by atoms with Crippen LogP contribution < -0.4 is 15.4 Å². The number of anilines is 2. The van der Waals surface area contributed by atoms with Gasteiger partial charge in [0.05, 0.1) is 0 Å². The average Bonchev–Trinajstić information content (AvgIpc) is 2.60. The Bertz CT molecular complexity index is 771. The predicted octanol–water partition coefficient (Wildman–Crippen LogP) is 3.15. The molecule has 1 aliphatic heterocycles. The first-order chi connectivity index (χ1) is 11.7. The van der Waals surface area contributed by atoms with Crippen molar-refractivity contribution in [3.05, 3.63) is 53.6 Å². The van der Waals surface area contributed by atoms with Gasteiger partial charge in [-0.2, -0.15) is 0 Å². The van der Waals surface area contributed by atoms with Crippen molar-refractivity contribution in [3.63, 3.8) is 0 Å². The van der Waals surface area contributed by atoms with Gasteiger partial charge in [0.2, 0.25) is 5.91 Å². The van der Waals surface area contributed by atoms with E-state index in [1.54, 1.807) is 6.07 Å². The fraction of sp³-hybridized carbons (Fsp3) is 0.263. The third-order valence-electron chi connectivity index (χ3n) is 4.01. The van der Waals surface area contributed by atoms with E-state index in [-0.39, 0.29) is 18.4 Å². The fourth-order valence-electron chi connectivity index (χ4n) is 2.74. The average molecular weight is 324 g/mol. The van der Waals surface area contributed by atoms with E-state index in [0.29, 0.717) is 18.6 Å². The number of hydrogen-bond donors (Lipinski definition) is 2. The zero-order valence-corrected chi connectivity index (χ0v) is 13.6. The van der Waals surface area contributed by atoms with Crippen LogP contribution in [-0.4, -0.2) is 18.4 Å². The molecule has 0 spiro atoms. The highest BCUT2D eigenvalue weighted by Crippen LogP contribution is 2.26. The van der Waals surface area contributed by atoms with Crippen LogP contribution in [0.25, 0.3) is 0 Å². The molecule has 5 nitrogen and oxygen atoms in total. The number of ether oxygens (including phenoxy) is 1. The van der Waals surface area contributed by atoms with Crippen LogP contribution in [0, 0.1) is 0 Å². The Labute approximate surface area is 141 Å². The van der Waals surface area contributed by atoms with Crippen molar-refractivity contribution in [2.24, 2.45) is 0 Å². The van der Waals surface area contributed by atoms with Gasteiger partial charge in [-0.15, -0.1) is 0 Å². The van der Waals surface area contributed by atoms with Crippen LogP contribution in [0.4, 0.5) is 11.4 Å². The molecule has 0 bridgehead atoms. The molecule has 2 N–H and O–H groups in total. The standard InChI is InChI=1S/C19H20N2O3/c1-2-13-5-3-4-6-16(13)21-19(23)12-24-15-8-9-17-14(11-15)7-10-18(22)20-17/h3-6,8-9,11H,2,7,10,12H2,1H3,(H,20,22)(H,21,23). The van der Waals surface area contributed by atoms with E-state index in [0.717, 1.165) is 28.9 Å². The van der Waals surface area contributed by atoms with Gasteiger partial charge in [-0.3, -0.25) is 9.59 Å². The van der Waals surface area contributed by atoms with E-state index in [1.807, 2.05) is 43.3 Å². The number of fused-ring (bicyclic) bond motifs is 1. The highest BCUT2D eigenvalue weighted by molar-refractivity contribution is 5.94. The van der Waals surface area contributed by atoms with E-state index in [9.17, 15) is 9.59 Å². The van der Waals surface area contributed by atoms with Gasteiger partial charge in [-0.1, -0.05) is 25.1 Å². The molecule has 0 aliphatic carbocycles. The van der Waals surface area contributed by atoms with Crippen LogP contribution in [0.2, 0.25) is 0 Å². The number of hydrogen-bond acceptors (Lipinski definition) is 3. The minimum atomic E-state index is -0.193. The lowest BCUT2D eigenvalue weighted by Crippen LogP contribution is -2.21. The summed E-state index contributed by atoms with van der Waals surface area (Å²) >= 11 is 0. The molecule has 2 amide bonds. The summed E-state index contributed by atoms with van der Waals surface area (Å²) in [4.78, 5) is 23.4. The monoisotopic (exact) mass is 324 g/mol. The Hall–Kier alpha value is -2.82. The lowest BCUT2D eigenvalue weighted by Gasteiger charge is -2.17. The Morgan fingerprint density at radius 3 is 2.88 bits per heavy atom. The minimum absolute atomic E-state index is 0.0325. The molecule has 5 heteroatoms. The third-order valence-corrected chi connectivity index (χ3v) is 4.01. The van der Waals surface area contributed by atoms with Crippen molar-refractivity contribution in [1.29, 1.82) is 0 Å². The van der Waals surface area contributed by atoms with Gasteiger partial charge in [0.15, 0.2) is 6.61 Å². The summed E-state index contributed by atoms with van der Waals surface area (Å²) in [6, 6.07) is 13.2. The summed E-state index contributed by atoms with van der Waals surface area (Å²) < 4.78 is 5.58. The first kappa shape index (κ1) is 16.1. The van der Waals surface area contributed by atoms with Gasteiger partial charge in [0.1, 0.15) is 5.75 Å². The van der Waals surface area contributed by atoms with E-state index in [4.69, 9.17) is 4.74 Å². The summed E-state index contributed by atoms with van der Waals surface area (Å²) in [6.07, 6.45) is 2.02. The van der Waals surface area contributed by atoms with Gasteiger partial charge < -0.3 is 15.4 Å². The lowest BCUT2D eigenvalue weighted by molar-refractivity contribution is -0.118. The second-order valence-electron chi connectivity index (χ2n) is 5.71. The van der Waals surface area contributed by atoms with Crippen molar-refractivity contribution < 1.29 is 14.3 Å². The van der Waals surface area contributed by atoms with Crippen molar-refractivity contribution in [2.45, 2.75) is 26.2 Å². The van der Waals surface area contributed by atoms with Crippen LogP contribution in [0.5, 0.6) is 5.75 Å². The van der Waals surface area contributed by atoms with Gasteiger partial charge in [-0.05, 0) is 48.2 Å². The van der Waals surface area contributed by atoms with Crippen LogP contribution in [0.1, 0.15) is 24.5 Å². The predicted molar refractivity (Wildman–Crippen MR) is 93.3 cm³/mol. The smallest absolute Gasteiger partial charge is 0.262 e. The number of nitrogens with one attached hydrogen (secondary N) is 2. The Morgan fingerprint density at radius 1 is 1.21 bits per heavy atom. The number of carbonyl (C=O) groups excluding carboxylic acids is 2.